The van der Waals surface area contributed by atoms with E-state index in [4.69, 9.17) is 4.74 Å². The number of carbonyl (C=O) groups is 1. The third kappa shape index (κ3) is 7.05. The highest BCUT2D eigenvalue weighted by atomic mass is 32.1. The first-order chi connectivity index (χ1) is 13.5. The van der Waals surface area contributed by atoms with Gasteiger partial charge in [0.2, 0.25) is 0 Å². The number of likely N-dealkylation sites (tertiary alicyclic amines) is 1. The molecule has 2 N–H and O–H groups in total. The molecule has 0 aromatic carbocycles. The molecule has 0 saturated carbocycles. The maximum Gasteiger partial charge on any atom is 0.350 e. The number of thiazole rings is 1. The molecule has 1 fully saturated rings. The summed E-state index contributed by atoms with van der Waals surface area (Å²) in [5, 5.41) is 7.61. The van der Waals surface area contributed by atoms with Gasteiger partial charge in [-0.15, -0.1) is 11.3 Å². The Labute approximate surface area is 173 Å². The topological polar surface area (TPSA) is 78.8 Å². The van der Waals surface area contributed by atoms with Gasteiger partial charge in [0, 0.05) is 13.6 Å². The van der Waals surface area contributed by atoms with Gasteiger partial charge in [0.1, 0.15) is 9.88 Å². The molecule has 1 aromatic heterocycles. The van der Waals surface area contributed by atoms with E-state index < -0.39 is 0 Å². The van der Waals surface area contributed by atoms with Crippen LogP contribution < -0.4 is 10.6 Å². The van der Waals surface area contributed by atoms with Gasteiger partial charge in [-0.25, -0.2) is 9.78 Å². The van der Waals surface area contributed by atoms with Gasteiger partial charge < -0.3 is 20.3 Å². The van der Waals surface area contributed by atoms with Crippen molar-refractivity contribution in [3.05, 3.63) is 15.6 Å². The van der Waals surface area contributed by atoms with Crippen LogP contribution in [-0.4, -0.2) is 61.6 Å². The van der Waals surface area contributed by atoms with E-state index in [1.54, 1.807) is 7.05 Å². The minimum Gasteiger partial charge on any atom is -0.462 e. The predicted octanol–water partition coefficient (Wildman–Crippen LogP) is 3.12. The number of hydrogen-bond donors (Lipinski definition) is 2. The van der Waals surface area contributed by atoms with Gasteiger partial charge in [-0.2, -0.15) is 0 Å². The van der Waals surface area contributed by atoms with Crippen LogP contribution in [0.3, 0.4) is 0 Å². The summed E-state index contributed by atoms with van der Waals surface area (Å²) in [6.45, 7) is 10.5. The maximum absolute atomic E-state index is 12.0. The SMILES string of the molecule is CCOC(=O)c1sc(C(C)NC(=NC)NCCCN2CCCCCC2)nc1C. The quantitative estimate of drug-likeness (QED) is 0.297. The van der Waals surface area contributed by atoms with Crippen LogP contribution in [0.25, 0.3) is 0 Å². The number of rotatable bonds is 8. The Morgan fingerprint density at radius 3 is 2.68 bits per heavy atom. The molecule has 2 rings (SSSR count). The van der Waals surface area contributed by atoms with Gasteiger partial charge in [-0.05, 0) is 59.7 Å². The van der Waals surface area contributed by atoms with Crippen LogP contribution in [0.15, 0.2) is 4.99 Å². The summed E-state index contributed by atoms with van der Waals surface area (Å²) in [6.07, 6.45) is 6.50. The highest BCUT2D eigenvalue weighted by molar-refractivity contribution is 7.13. The van der Waals surface area contributed by atoms with E-state index in [0.717, 1.165) is 30.5 Å². The van der Waals surface area contributed by atoms with Crippen molar-refractivity contribution in [3.63, 3.8) is 0 Å². The molecule has 8 heteroatoms. The number of ether oxygens (including phenoxy) is 1. The van der Waals surface area contributed by atoms with E-state index in [1.165, 1.54) is 50.1 Å². The summed E-state index contributed by atoms with van der Waals surface area (Å²) >= 11 is 1.38. The van der Waals surface area contributed by atoms with Crippen molar-refractivity contribution in [1.82, 2.24) is 20.5 Å². The molecule has 0 radical (unpaired) electrons. The molecule has 0 bridgehead atoms. The van der Waals surface area contributed by atoms with Crippen molar-refractivity contribution in [2.45, 2.75) is 58.9 Å². The number of aromatic nitrogens is 1. The first kappa shape index (κ1) is 22.6. The Morgan fingerprint density at radius 1 is 1.32 bits per heavy atom. The van der Waals surface area contributed by atoms with Crippen molar-refractivity contribution in [2.24, 2.45) is 4.99 Å². The van der Waals surface area contributed by atoms with Crippen LogP contribution in [0.1, 0.15) is 72.4 Å². The Bertz CT molecular complexity index is 639. The van der Waals surface area contributed by atoms with E-state index in [-0.39, 0.29) is 12.0 Å². The van der Waals surface area contributed by atoms with Crippen LogP contribution in [-0.2, 0) is 4.74 Å². The van der Waals surface area contributed by atoms with Crippen molar-refractivity contribution in [2.75, 3.05) is 39.8 Å². The molecule has 158 valence electrons. The highest BCUT2D eigenvalue weighted by Crippen LogP contribution is 2.24. The average molecular weight is 410 g/mol. The number of aliphatic imine (C=N–C) groups is 1. The lowest BCUT2D eigenvalue weighted by molar-refractivity contribution is 0.0531. The van der Waals surface area contributed by atoms with E-state index in [1.807, 2.05) is 20.8 Å². The van der Waals surface area contributed by atoms with Crippen LogP contribution in [0.2, 0.25) is 0 Å². The van der Waals surface area contributed by atoms with E-state index in [9.17, 15) is 4.79 Å². The van der Waals surface area contributed by atoms with Gasteiger partial charge >= 0.3 is 5.97 Å². The molecule has 28 heavy (non-hydrogen) atoms. The molecule has 1 aliphatic rings. The number of carbonyl (C=O) groups excluding carboxylic acids is 1. The predicted molar refractivity (Wildman–Crippen MR) is 115 cm³/mol. The molecule has 0 amide bonds. The smallest absolute Gasteiger partial charge is 0.350 e. The van der Waals surface area contributed by atoms with Crippen LogP contribution >= 0.6 is 11.3 Å². The zero-order valence-corrected chi connectivity index (χ0v) is 18.5. The third-order valence-corrected chi connectivity index (χ3v) is 6.18. The number of esters is 1. The molecule has 1 saturated heterocycles. The molecular weight excluding hydrogens is 374 g/mol. The fourth-order valence-corrected chi connectivity index (χ4v) is 4.28. The van der Waals surface area contributed by atoms with Crippen LogP contribution in [0.5, 0.6) is 0 Å². The summed E-state index contributed by atoms with van der Waals surface area (Å²) in [7, 11) is 1.77. The number of nitrogens with one attached hydrogen (secondary N) is 2. The van der Waals surface area contributed by atoms with Crippen molar-refractivity contribution in [1.29, 1.82) is 0 Å². The Kier molecular flexibility index (Phi) is 9.70. The van der Waals surface area contributed by atoms with Gasteiger partial charge in [-0.3, -0.25) is 4.99 Å². The van der Waals surface area contributed by atoms with Gasteiger partial charge in [0.25, 0.3) is 0 Å². The standard InChI is InChI=1S/C20H35N5O2S/c1-5-27-19(26)17-15(2)23-18(28-17)16(3)24-20(21-4)22-11-10-14-25-12-8-6-7-9-13-25/h16H,5-14H2,1-4H3,(H2,21,22,24). The minimum atomic E-state index is -0.299. The van der Waals surface area contributed by atoms with E-state index in [2.05, 4.69) is 25.5 Å². The van der Waals surface area contributed by atoms with Gasteiger partial charge in [-0.1, -0.05) is 12.8 Å². The lowest BCUT2D eigenvalue weighted by Gasteiger charge is -2.20. The number of nitrogens with zero attached hydrogens (tertiary/aromatic N) is 3. The van der Waals surface area contributed by atoms with Crippen LogP contribution in [0, 0.1) is 6.92 Å². The molecule has 1 aliphatic heterocycles. The second kappa shape index (κ2) is 12.0. The second-order valence-corrected chi connectivity index (χ2v) is 8.19. The summed E-state index contributed by atoms with van der Waals surface area (Å²) in [4.78, 5) is 24.0. The molecule has 0 aliphatic carbocycles. The first-order valence-electron chi connectivity index (χ1n) is 10.4. The lowest BCUT2D eigenvalue weighted by Crippen LogP contribution is -2.40. The third-order valence-electron chi connectivity index (χ3n) is 4.86. The number of guanidine groups is 1. The molecular formula is C20H35N5O2S. The summed E-state index contributed by atoms with van der Waals surface area (Å²) in [6, 6.07) is -0.0383. The lowest BCUT2D eigenvalue weighted by atomic mass is 10.2. The zero-order valence-electron chi connectivity index (χ0n) is 17.7. The normalized spacial score (nSPS) is 17.1. The number of aryl methyl sites for hydroxylation is 1. The van der Waals surface area contributed by atoms with E-state index in [0.29, 0.717) is 17.2 Å². The fraction of sp³-hybridized carbons (Fsp3) is 0.750. The average Bonchev–Trinajstić information content (AvgIpc) is 2.89. The Hall–Kier alpha value is -1.67. The largest absolute Gasteiger partial charge is 0.462 e. The van der Waals surface area contributed by atoms with E-state index >= 15 is 0 Å². The van der Waals surface area contributed by atoms with Gasteiger partial charge in [0.05, 0.1) is 18.3 Å². The van der Waals surface area contributed by atoms with Crippen molar-refractivity contribution >= 4 is 23.3 Å². The summed E-state index contributed by atoms with van der Waals surface area (Å²) < 4.78 is 5.10. The Balaban J connectivity index is 1.78. The minimum absolute atomic E-state index is 0.0383. The highest BCUT2D eigenvalue weighted by Gasteiger charge is 2.20. The maximum atomic E-state index is 12.0. The molecule has 1 atom stereocenters. The molecule has 7 nitrogen and oxygen atoms in total. The summed E-state index contributed by atoms with van der Waals surface area (Å²) in [5.74, 6) is 0.459. The zero-order chi connectivity index (χ0) is 20.4. The number of hydrogen-bond acceptors (Lipinski definition) is 6. The van der Waals surface area contributed by atoms with Gasteiger partial charge in [0.15, 0.2) is 5.96 Å². The molecule has 0 spiro atoms. The summed E-state index contributed by atoms with van der Waals surface area (Å²) in [5.41, 5.74) is 0.715. The fourth-order valence-electron chi connectivity index (χ4n) is 3.32. The van der Waals surface area contributed by atoms with Crippen molar-refractivity contribution < 1.29 is 9.53 Å². The molecule has 2 heterocycles. The Morgan fingerprint density at radius 2 is 2.04 bits per heavy atom. The second-order valence-electron chi connectivity index (χ2n) is 7.16. The first-order valence-corrected chi connectivity index (χ1v) is 11.2. The van der Waals surface area contributed by atoms with Crippen LogP contribution in [0.4, 0.5) is 0 Å². The molecule has 1 aromatic rings. The van der Waals surface area contributed by atoms with Crippen molar-refractivity contribution in [3.8, 4) is 0 Å². The molecule has 1 unspecified atom stereocenters. The monoisotopic (exact) mass is 409 g/mol.